The van der Waals surface area contributed by atoms with Gasteiger partial charge in [0, 0.05) is 17.8 Å². The van der Waals surface area contributed by atoms with Crippen molar-refractivity contribution in [2.75, 3.05) is 5.01 Å². The van der Waals surface area contributed by atoms with Crippen molar-refractivity contribution in [1.29, 1.82) is 0 Å². The van der Waals surface area contributed by atoms with Crippen LogP contribution < -0.4 is 21.9 Å². The van der Waals surface area contributed by atoms with Crippen LogP contribution in [0.25, 0.3) is 10.9 Å². The number of pyridine rings is 1. The third-order valence-electron chi connectivity index (χ3n) is 4.55. The minimum absolute atomic E-state index is 0. The van der Waals surface area contributed by atoms with E-state index in [-0.39, 0.29) is 35.7 Å². The van der Waals surface area contributed by atoms with Crippen LogP contribution in [0.5, 0.6) is 0 Å². The lowest BCUT2D eigenvalue weighted by molar-refractivity contribution is -0.122. The predicted molar refractivity (Wildman–Crippen MR) is 104 cm³/mol. The topological polar surface area (TPSA) is 141 Å². The van der Waals surface area contributed by atoms with Crippen molar-refractivity contribution in [2.45, 2.75) is 18.4 Å². The second kappa shape index (κ2) is 7.19. The predicted octanol–water partition coefficient (Wildman–Crippen LogP) is 0.619. The van der Waals surface area contributed by atoms with Crippen LogP contribution in [-0.4, -0.2) is 27.9 Å². The number of nitrogens with one attached hydrogen (secondary N) is 1. The zero-order chi connectivity index (χ0) is 16.7. The Kier molecular flexibility index (Phi) is 5.38. The lowest BCUT2D eigenvalue weighted by atomic mass is 9.91. The number of hydrazine groups is 1. The molecule has 2 heterocycles. The van der Waals surface area contributed by atoms with Gasteiger partial charge in [-0.05, 0) is 49.1 Å². The summed E-state index contributed by atoms with van der Waals surface area (Å²) in [5, 5.41) is 2.82. The molecule has 4 rings (SSSR count). The molecule has 7 N–H and O–H groups in total. The summed E-state index contributed by atoms with van der Waals surface area (Å²) in [6.07, 6.45) is 7.29. The van der Waals surface area contributed by atoms with E-state index < -0.39 is 5.54 Å². The summed E-state index contributed by atoms with van der Waals surface area (Å²) in [4.78, 5) is 21.1. The van der Waals surface area contributed by atoms with Crippen LogP contribution >= 0.6 is 12.4 Å². The molecule has 1 aliphatic carbocycles. The Morgan fingerprint density at radius 1 is 1.27 bits per heavy atom. The molecule has 1 aromatic heterocycles. The first-order valence-corrected chi connectivity index (χ1v) is 7.85. The standard InChI is InChI=1S/C17H18N6O.ClH.H2O/c18-16(19)22-15(24)17(11-6-7-11)8-10-21-23(17)14-5-1-4-13-12(14)3-2-9-20-13;;/h1-5,8-11,21H,6-7H2,(H4,18,19,22,24);1H;1H2. The van der Waals surface area contributed by atoms with E-state index in [1.807, 2.05) is 41.4 Å². The fourth-order valence-corrected chi connectivity index (χ4v) is 3.36. The van der Waals surface area contributed by atoms with Crippen LogP contribution in [0, 0.1) is 5.92 Å². The third-order valence-corrected chi connectivity index (χ3v) is 4.55. The number of benzene rings is 1. The molecule has 1 aliphatic heterocycles. The molecule has 1 aromatic carbocycles. The fourth-order valence-electron chi connectivity index (χ4n) is 3.36. The quantitative estimate of drug-likeness (QED) is 0.529. The molecule has 2 aromatic rings. The van der Waals surface area contributed by atoms with Gasteiger partial charge < -0.3 is 22.4 Å². The van der Waals surface area contributed by atoms with Gasteiger partial charge in [0.25, 0.3) is 5.91 Å². The Morgan fingerprint density at radius 3 is 2.73 bits per heavy atom. The summed E-state index contributed by atoms with van der Waals surface area (Å²) >= 11 is 0. The number of nitrogens with zero attached hydrogens (tertiary/aromatic N) is 3. The van der Waals surface area contributed by atoms with Gasteiger partial charge >= 0.3 is 0 Å². The first kappa shape index (κ1) is 19.5. The number of guanidine groups is 1. The number of aromatic nitrogens is 1. The molecule has 1 atom stereocenters. The molecule has 0 saturated heterocycles. The second-order valence-corrected chi connectivity index (χ2v) is 6.09. The number of halogens is 1. The van der Waals surface area contributed by atoms with E-state index in [0.29, 0.717) is 0 Å². The summed E-state index contributed by atoms with van der Waals surface area (Å²) in [5.41, 5.74) is 14.9. The fraction of sp³-hybridized carbons (Fsp3) is 0.235. The zero-order valence-electron chi connectivity index (χ0n) is 13.9. The van der Waals surface area contributed by atoms with Crippen molar-refractivity contribution >= 4 is 40.9 Å². The van der Waals surface area contributed by atoms with Gasteiger partial charge in [0.1, 0.15) is 0 Å². The number of hydrogen-bond acceptors (Lipinski definition) is 4. The van der Waals surface area contributed by atoms with Crippen molar-refractivity contribution in [3.8, 4) is 0 Å². The van der Waals surface area contributed by atoms with Gasteiger partial charge in [-0.15, -0.1) is 12.4 Å². The summed E-state index contributed by atoms with van der Waals surface area (Å²) in [6, 6.07) is 9.70. The van der Waals surface area contributed by atoms with E-state index in [2.05, 4.69) is 15.4 Å². The van der Waals surface area contributed by atoms with Gasteiger partial charge in [-0.1, -0.05) is 6.07 Å². The SMILES string of the molecule is Cl.NC(N)=NC(=O)C1(C2CC2)C=CNN1c1cccc2ncccc12.O. The number of anilines is 1. The molecule has 0 spiro atoms. The molecule has 138 valence electrons. The molecule has 9 heteroatoms. The van der Waals surface area contributed by atoms with Crippen molar-refractivity contribution in [2.24, 2.45) is 22.4 Å². The average Bonchev–Trinajstić information content (AvgIpc) is 3.33. The van der Waals surface area contributed by atoms with E-state index in [1.54, 1.807) is 12.4 Å². The van der Waals surface area contributed by atoms with Crippen molar-refractivity contribution in [3.63, 3.8) is 0 Å². The minimum atomic E-state index is -0.909. The van der Waals surface area contributed by atoms with Gasteiger partial charge in [0.15, 0.2) is 11.5 Å². The van der Waals surface area contributed by atoms with E-state index in [9.17, 15) is 4.79 Å². The Labute approximate surface area is 156 Å². The van der Waals surface area contributed by atoms with Crippen LogP contribution in [-0.2, 0) is 4.79 Å². The van der Waals surface area contributed by atoms with Crippen molar-refractivity contribution in [3.05, 3.63) is 48.8 Å². The maximum atomic E-state index is 12.9. The molecule has 8 nitrogen and oxygen atoms in total. The average molecular weight is 377 g/mol. The highest BCUT2D eigenvalue weighted by atomic mass is 35.5. The number of carbonyl (C=O) groups excluding carboxylic acids is 1. The number of amides is 1. The van der Waals surface area contributed by atoms with E-state index in [0.717, 1.165) is 29.4 Å². The van der Waals surface area contributed by atoms with Gasteiger partial charge in [0.2, 0.25) is 0 Å². The largest absolute Gasteiger partial charge is 0.412 e. The first-order chi connectivity index (χ1) is 11.6. The Balaban J connectivity index is 0.00000121. The van der Waals surface area contributed by atoms with Crippen molar-refractivity contribution < 1.29 is 10.3 Å². The monoisotopic (exact) mass is 376 g/mol. The maximum absolute atomic E-state index is 12.9. The highest BCUT2D eigenvalue weighted by molar-refractivity contribution is 6.03. The number of carbonyl (C=O) groups is 1. The normalized spacial score (nSPS) is 20.7. The number of hydrogen-bond donors (Lipinski definition) is 3. The Morgan fingerprint density at radius 2 is 2.04 bits per heavy atom. The number of fused-ring (bicyclic) bond motifs is 1. The molecule has 0 bridgehead atoms. The van der Waals surface area contributed by atoms with Crippen LogP contribution in [0.15, 0.2) is 53.8 Å². The first-order valence-electron chi connectivity index (χ1n) is 7.85. The number of nitrogens with two attached hydrogens (primary N) is 2. The molecule has 1 saturated carbocycles. The summed E-state index contributed by atoms with van der Waals surface area (Å²) in [6.45, 7) is 0. The molecule has 1 amide bonds. The minimum Gasteiger partial charge on any atom is -0.412 e. The number of rotatable bonds is 3. The second-order valence-electron chi connectivity index (χ2n) is 6.09. The van der Waals surface area contributed by atoms with E-state index in [4.69, 9.17) is 11.5 Å². The molecule has 2 aliphatic rings. The zero-order valence-corrected chi connectivity index (χ0v) is 14.7. The molecular weight excluding hydrogens is 356 g/mol. The van der Waals surface area contributed by atoms with Crippen LogP contribution in [0.2, 0.25) is 0 Å². The van der Waals surface area contributed by atoms with Gasteiger partial charge in [-0.25, -0.2) is 0 Å². The molecule has 0 radical (unpaired) electrons. The van der Waals surface area contributed by atoms with Crippen LogP contribution in [0.4, 0.5) is 5.69 Å². The highest BCUT2D eigenvalue weighted by Crippen LogP contribution is 2.48. The Hall–Kier alpha value is -2.84. The van der Waals surface area contributed by atoms with Crippen LogP contribution in [0.3, 0.4) is 0 Å². The van der Waals surface area contributed by atoms with E-state index in [1.165, 1.54) is 0 Å². The summed E-state index contributed by atoms with van der Waals surface area (Å²) in [7, 11) is 0. The van der Waals surface area contributed by atoms with Gasteiger partial charge in [-0.3, -0.25) is 14.8 Å². The molecular formula is C17H21ClN6O2. The highest BCUT2D eigenvalue weighted by Gasteiger charge is 2.56. The Bertz CT molecular complexity index is 873. The van der Waals surface area contributed by atoms with Gasteiger partial charge in [0.05, 0.1) is 11.2 Å². The lowest BCUT2D eigenvalue weighted by Gasteiger charge is -2.37. The molecule has 26 heavy (non-hydrogen) atoms. The lowest BCUT2D eigenvalue weighted by Crippen LogP contribution is -2.56. The third kappa shape index (κ3) is 2.93. The summed E-state index contributed by atoms with van der Waals surface area (Å²) < 4.78 is 0. The summed E-state index contributed by atoms with van der Waals surface area (Å²) in [5.74, 6) is -0.404. The molecule has 1 fully saturated rings. The smallest absolute Gasteiger partial charge is 0.281 e. The molecule has 1 unspecified atom stereocenters. The number of aliphatic imine (C=N–C) groups is 1. The van der Waals surface area contributed by atoms with Crippen molar-refractivity contribution in [1.82, 2.24) is 10.4 Å². The maximum Gasteiger partial charge on any atom is 0.281 e. The van der Waals surface area contributed by atoms with Crippen LogP contribution in [0.1, 0.15) is 12.8 Å². The van der Waals surface area contributed by atoms with Gasteiger partial charge in [-0.2, -0.15) is 4.99 Å². The van der Waals surface area contributed by atoms with E-state index >= 15 is 0 Å².